The molecule has 1 heterocycles. The topological polar surface area (TPSA) is 61.8 Å². The van der Waals surface area contributed by atoms with Gasteiger partial charge in [-0.15, -0.1) is 0 Å². The lowest BCUT2D eigenvalue weighted by Crippen LogP contribution is -2.44. The van der Waals surface area contributed by atoms with Crippen LogP contribution < -0.4 is 10.2 Å². The van der Waals surface area contributed by atoms with Gasteiger partial charge in [-0.3, -0.25) is 4.90 Å². The van der Waals surface area contributed by atoms with E-state index in [9.17, 15) is 9.90 Å². The molecule has 3 rings (SSSR count). The number of nitrogens with one attached hydrogen (secondary N) is 1. The van der Waals surface area contributed by atoms with Crippen LogP contribution >= 0.6 is 0 Å². The van der Waals surface area contributed by atoms with Gasteiger partial charge in [0, 0.05) is 18.3 Å². The highest BCUT2D eigenvalue weighted by Crippen LogP contribution is 2.32. The molecular formula is C19H28N2O3. The summed E-state index contributed by atoms with van der Waals surface area (Å²) in [7, 11) is 0. The standard InChI is InChI=1S/C19H28N2O3/c1-14-6-8-19(23,9-7-14)13-20-15(2)16-4-3-5-17(12-16)21-10-11-24-18(21)22/h3-5,12,14-15,20,23H,6-11,13H2,1-2H3/t14?,15-,19?/m1/s1. The molecule has 2 aliphatic rings. The van der Waals surface area contributed by atoms with E-state index in [1.54, 1.807) is 4.90 Å². The first-order valence-corrected chi connectivity index (χ1v) is 8.97. The van der Waals surface area contributed by atoms with Gasteiger partial charge in [0.1, 0.15) is 6.61 Å². The minimum Gasteiger partial charge on any atom is -0.447 e. The number of amides is 1. The van der Waals surface area contributed by atoms with E-state index in [0.717, 1.165) is 42.9 Å². The van der Waals surface area contributed by atoms with Gasteiger partial charge in [-0.25, -0.2) is 4.79 Å². The number of aliphatic hydroxyl groups is 1. The average molecular weight is 332 g/mol. The molecule has 0 bridgehead atoms. The summed E-state index contributed by atoms with van der Waals surface area (Å²) in [4.78, 5) is 13.4. The largest absolute Gasteiger partial charge is 0.447 e. The molecule has 1 saturated heterocycles. The van der Waals surface area contributed by atoms with E-state index in [1.807, 2.05) is 18.2 Å². The maximum absolute atomic E-state index is 11.7. The van der Waals surface area contributed by atoms with Crippen LogP contribution in [0.3, 0.4) is 0 Å². The lowest BCUT2D eigenvalue weighted by atomic mass is 9.79. The number of anilines is 1. The molecular weight excluding hydrogens is 304 g/mol. The first kappa shape index (κ1) is 17.2. The number of hydrogen-bond acceptors (Lipinski definition) is 4. The lowest BCUT2D eigenvalue weighted by Gasteiger charge is -2.36. The van der Waals surface area contributed by atoms with E-state index in [2.05, 4.69) is 25.2 Å². The summed E-state index contributed by atoms with van der Waals surface area (Å²) in [5, 5.41) is 14.2. The van der Waals surface area contributed by atoms with Crippen LogP contribution in [0.15, 0.2) is 24.3 Å². The van der Waals surface area contributed by atoms with E-state index in [1.165, 1.54) is 0 Å². The summed E-state index contributed by atoms with van der Waals surface area (Å²) in [5.41, 5.74) is 1.39. The molecule has 2 fully saturated rings. The second-order valence-electron chi connectivity index (χ2n) is 7.37. The van der Waals surface area contributed by atoms with E-state index in [-0.39, 0.29) is 12.1 Å². The SMILES string of the molecule is CC1CCC(O)(CN[C@H](C)c2cccc(N3CCOC3=O)c2)CC1. The maximum atomic E-state index is 11.7. The van der Waals surface area contributed by atoms with Gasteiger partial charge in [-0.1, -0.05) is 19.1 Å². The molecule has 1 amide bonds. The van der Waals surface area contributed by atoms with Crippen LogP contribution in [0.2, 0.25) is 0 Å². The van der Waals surface area contributed by atoms with Crippen molar-refractivity contribution in [3.8, 4) is 0 Å². The van der Waals surface area contributed by atoms with Crippen LogP contribution in [0.1, 0.15) is 51.1 Å². The second-order valence-corrected chi connectivity index (χ2v) is 7.37. The Kier molecular flexibility index (Phi) is 5.11. The summed E-state index contributed by atoms with van der Waals surface area (Å²) in [6.07, 6.45) is 3.65. The molecule has 0 radical (unpaired) electrons. The summed E-state index contributed by atoms with van der Waals surface area (Å²) < 4.78 is 5.01. The van der Waals surface area contributed by atoms with Crippen LogP contribution in [-0.4, -0.2) is 36.5 Å². The highest BCUT2D eigenvalue weighted by molar-refractivity contribution is 5.89. The van der Waals surface area contributed by atoms with Crippen molar-refractivity contribution in [2.45, 2.75) is 51.2 Å². The third kappa shape index (κ3) is 3.90. The molecule has 1 aliphatic carbocycles. The molecule has 0 aromatic heterocycles. The van der Waals surface area contributed by atoms with Gasteiger partial charge in [-0.2, -0.15) is 0 Å². The van der Waals surface area contributed by atoms with Crippen LogP contribution in [0.4, 0.5) is 10.5 Å². The van der Waals surface area contributed by atoms with Gasteiger partial charge in [0.15, 0.2) is 0 Å². The number of carbonyl (C=O) groups is 1. The van der Waals surface area contributed by atoms with Crippen molar-refractivity contribution in [3.63, 3.8) is 0 Å². The Morgan fingerprint density at radius 3 is 2.83 bits per heavy atom. The fourth-order valence-corrected chi connectivity index (χ4v) is 3.53. The molecule has 0 unspecified atom stereocenters. The number of nitrogens with zero attached hydrogens (tertiary/aromatic N) is 1. The first-order valence-electron chi connectivity index (χ1n) is 8.97. The van der Waals surface area contributed by atoms with Gasteiger partial charge >= 0.3 is 6.09 Å². The number of rotatable bonds is 5. The van der Waals surface area contributed by atoms with Crippen LogP contribution in [-0.2, 0) is 4.74 Å². The molecule has 1 aliphatic heterocycles. The minimum atomic E-state index is -0.586. The zero-order valence-electron chi connectivity index (χ0n) is 14.6. The molecule has 5 nitrogen and oxygen atoms in total. The Morgan fingerprint density at radius 1 is 1.42 bits per heavy atom. The molecule has 1 aromatic carbocycles. The monoisotopic (exact) mass is 332 g/mol. The molecule has 1 saturated carbocycles. The van der Waals surface area contributed by atoms with Crippen molar-refractivity contribution in [2.75, 3.05) is 24.6 Å². The van der Waals surface area contributed by atoms with Crippen molar-refractivity contribution in [3.05, 3.63) is 29.8 Å². The summed E-state index contributed by atoms with van der Waals surface area (Å²) >= 11 is 0. The number of ether oxygens (including phenoxy) is 1. The Bertz CT molecular complexity index is 582. The Balaban J connectivity index is 1.61. The molecule has 5 heteroatoms. The van der Waals surface area contributed by atoms with Crippen LogP contribution in [0.25, 0.3) is 0 Å². The number of carbonyl (C=O) groups excluding carboxylic acids is 1. The summed E-state index contributed by atoms with van der Waals surface area (Å²) in [6.45, 7) is 6.00. The lowest BCUT2D eigenvalue weighted by molar-refractivity contribution is -0.00783. The second kappa shape index (κ2) is 7.11. The summed E-state index contributed by atoms with van der Waals surface area (Å²) in [6, 6.07) is 8.09. The fraction of sp³-hybridized carbons (Fsp3) is 0.632. The zero-order valence-corrected chi connectivity index (χ0v) is 14.6. The van der Waals surface area contributed by atoms with Gasteiger partial charge < -0.3 is 15.2 Å². The molecule has 2 N–H and O–H groups in total. The average Bonchev–Trinajstić information content (AvgIpc) is 3.02. The highest BCUT2D eigenvalue weighted by Gasteiger charge is 2.32. The van der Waals surface area contributed by atoms with Gasteiger partial charge in [0.05, 0.1) is 12.1 Å². The van der Waals surface area contributed by atoms with Crippen LogP contribution in [0, 0.1) is 5.92 Å². The highest BCUT2D eigenvalue weighted by atomic mass is 16.6. The van der Waals surface area contributed by atoms with E-state index in [4.69, 9.17) is 4.74 Å². The fourth-order valence-electron chi connectivity index (χ4n) is 3.53. The Morgan fingerprint density at radius 2 is 2.17 bits per heavy atom. The number of hydrogen-bond donors (Lipinski definition) is 2. The van der Waals surface area contributed by atoms with E-state index < -0.39 is 5.60 Å². The van der Waals surface area contributed by atoms with Gasteiger partial charge in [-0.05, 0) is 56.2 Å². The van der Waals surface area contributed by atoms with Crippen molar-refractivity contribution >= 4 is 11.8 Å². The zero-order chi connectivity index (χ0) is 17.2. The molecule has 132 valence electrons. The van der Waals surface area contributed by atoms with Crippen molar-refractivity contribution < 1.29 is 14.6 Å². The quantitative estimate of drug-likeness (QED) is 0.869. The van der Waals surface area contributed by atoms with Gasteiger partial charge in [0.25, 0.3) is 0 Å². The van der Waals surface area contributed by atoms with Crippen molar-refractivity contribution in [2.24, 2.45) is 5.92 Å². The molecule has 1 aromatic rings. The molecule has 0 spiro atoms. The smallest absolute Gasteiger partial charge is 0.414 e. The predicted molar refractivity (Wildman–Crippen MR) is 94.1 cm³/mol. The predicted octanol–water partition coefficient (Wildman–Crippen LogP) is 3.24. The maximum Gasteiger partial charge on any atom is 0.414 e. The number of benzene rings is 1. The first-order chi connectivity index (χ1) is 11.5. The van der Waals surface area contributed by atoms with Crippen molar-refractivity contribution in [1.82, 2.24) is 5.32 Å². The van der Waals surface area contributed by atoms with E-state index >= 15 is 0 Å². The van der Waals surface area contributed by atoms with Crippen molar-refractivity contribution in [1.29, 1.82) is 0 Å². The number of cyclic esters (lactones) is 1. The third-order valence-corrected chi connectivity index (χ3v) is 5.38. The minimum absolute atomic E-state index is 0.118. The van der Waals surface area contributed by atoms with Gasteiger partial charge in [0.2, 0.25) is 0 Å². The third-order valence-electron chi connectivity index (χ3n) is 5.38. The normalized spacial score (nSPS) is 28.7. The Hall–Kier alpha value is -1.59. The van der Waals surface area contributed by atoms with E-state index in [0.29, 0.717) is 19.7 Å². The summed E-state index contributed by atoms with van der Waals surface area (Å²) in [5.74, 6) is 0.722. The Labute approximate surface area is 144 Å². The molecule has 1 atom stereocenters. The van der Waals surface area contributed by atoms with Crippen LogP contribution in [0.5, 0.6) is 0 Å². The molecule has 24 heavy (non-hydrogen) atoms.